The molecule has 0 spiro atoms. The molecule has 1 aromatic rings. The molecule has 0 aromatic heterocycles. The topological polar surface area (TPSA) is 67.8 Å². The molecule has 0 bridgehead atoms. The van der Waals surface area contributed by atoms with E-state index in [0.717, 1.165) is 5.56 Å². The maximum Gasteiger partial charge on any atom is 0.323 e. The maximum absolute atomic E-state index is 11.4. The Morgan fingerprint density at radius 1 is 1.40 bits per heavy atom. The van der Waals surface area contributed by atoms with E-state index in [4.69, 9.17) is 21.1 Å². The van der Waals surface area contributed by atoms with Gasteiger partial charge in [0.1, 0.15) is 5.54 Å². The fraction of sp³-hybridized carbons (Fsp3) is 0.500. The number of ether oxygens (including phenoxy) is 2. The highest BCUT2D eigenvalue weighted by atomic mass is 35.5. The predicted molar refractivity (Wildman–Crippen MR) is 75.4 cm³/mol. The van der Waals surface area contributed by atoms with Crippen LogP contribution in [0.4, 0.5) is 0 Å². The van der Waals surface area contributed by atoms with Crippen LogP contribution in [-0.4, -0.2) is 23.4 Å². The summed E-state index contributed by atoms with van der Waals surface area (Å²) in [7, 11) is 0. The van der Waals surface area contributed by atoms with Crippen molar-refractivity contribution < 1.29 is 19.4 Å². The molecule has 0 radical (unpaired) electrons. The number of carboxylic acids is 1. The quantitative estimate of drug-likeness (QED) is 0.845. The van der Waals surface area contributed by atoms with Gasteiger partial charge >= 0.3 is 5.97 Å². The number of halogens is 1. The summed E-state index contributed by atoms with van der Waals surface area (Å²) in [6.07, 6.45) is 1.02. The van der Waals surface area contributed by atoms with Crippen molar-refractivity contribution in [3.63, 3.8) is 0 Å². The molecule has 0 unspecified atom stereocenters. The maximum atomic E-state index is 11.4. The first-order chi connectivity index (χ1) is 9.52. The molecule has 1 aliphatic heterocycles. The lowest BCUT2D eigenvalue weighted by Crippen LogP contribution is -2.50. The molecule has 1 aliphatic rings. The van der Waals surface area contributed by atoms with Crippen LogP contribution in [0.5, 0.6) is 11.5 Å². The van der Waals surface area contributed by atoms with Gasteiger partial charge in [-0.2, -0.15) is 0 Å². The zero-order valence-electron chi connectivity index (χ0n) is 11.5. The zero-order chi connectivity index (χ0) is 14.8. The summed E-state index contributed by atoms with van der Waals surface area (Å²) in [6.45, 7) is 4.29. The van der Waals surface area contributed by atoms with E-state index in [-0.39, 0.29) is 6.79 Å². The Labute approximate surface area is 122 Å². The van der Waals surface area contributed by atoms with Crippen molar-refractivity contribution in [1.29, 1.82) is 0 Å². The second-order valence-electron chi connectivity index (χ2n) is 4.76. The number of hydrogen-bond donors (Lipinski definition) is 2. The molecule has 20 heavy (non-hydrogen) atoms. The Morgan fingerprint density at radius 3 is 2.70 bits per heavy atom. The highest BCUT2D eigenvalue weighted by Crippen LogP contribution is 2.39. The van der Waals surface area contributed by atoms with E-state index in [1.54, 1.807) is 6.07 Å². The lowest BCUT2D eigenvalue weighted by Gasteiger charge is -2.28. The van der Waals surface area contributed by atoms with Gasteiger partial charge in [-0.25, -0.2) is 0 Å². The summed E-state index contributed by atoms with van der Waals surface area (Å²) in [5, 5.41) is 13.0. The minimum absolute atomic E-state index is 0.162. The van der Waals surface area contributed by atoms with Gasteiger partial charge in [0.05, 0.1) is 5.02 Å². The summed E-state index contributed by atoms with van der Waals surface area (Å²) < 4.78 is 10.5. The van der Waals surface area contributed by atoms with Crippen molar-refractivity contribution in [1.82, 2.24) is 5.32 Å². The Hall–Kier alpha value is -1.46. The third kappa shape index (κ3) is 2.69. The molecule has 1 heterocycles. The molecular formula is C14H18ClNO4. The number of rotatable bonds is 6. The summed E-state index contributed by atoms with van der Waals surface area (Å²) >= 11 is 6.11. The SMILES string of the molecule is CCC(CC)(NCc1cc(Cl)c2c(c1)OCO2)C(=O)O. The largest absolute Gasteiger partial charge is 0.480 e. The van der Waals surface area contributed by atoms with Crippen molar-refractivity contribution in [3.8, 4) is 11.5 Å². The second kappa shape index (κ2) is 5.89. The second-order valence-corrected chi connectivity index (χ2v) is 5.17. The van der Waals surface area contributed by atoms with Crippen LogP contribution in [0.3, 0.4) is 0 Å². The van der Waals surface area contributed by atoms with Crippen LogP contribution in [0.15, 0.2) is 12.1 Å². The molecule has 110 valence electrons. The Balaban J connectivity index is 2.15. The highest BCUT2D eigenvalue weighted by Gasteiger charge is 2.34. The van der Waals surface area contributed by atoms with Gasteiger partial charge in [-0.05, 0) is 30.5 Å². The van der Waals surface area contributed by atoms with E-state index in [0.29, 0.717) is 35.9 Å². The van der Waals surface area contributed by atoms with Gasteiger partial charge in [0, 0.05) is 6.54 Å². The van der Waals surface area contributed by atoms with Crippen LogP contribution >= 0.6 is 11.6 Å². The normalized spacial score (nSPS) is 13.6. The number of carboxylic acid groups (broad SMARTS) is 1. The first-order valence-electron chi connectivity index (χ1n) is 6.59. The predicted octanol–water partition coefficient (Wildman–Crippen LogP) is 2.80. The lowest BCUT2D eigenvalue weighted by molar-refractivity contribution is -0.145. The third-order valence-corrected chi connectivity index (χ3v) is 4.02. The number of aliphatic carboxylic acids is 1. The highest BCUT2D eigenvalue weighted by molar-refractivity contribution is 6.32. The molecule has 0 amide bonds. The van der Waals surface area contributed by atoms with E-state index in [9.17, 15) is 9.90 Å². The van der Waals surface area contributed by atoms with Gasteiger partial charge in [-0.15, -0.1) is 0 Å². The molecule has 2 N–H and O–H groups in total. The molecule has 0 saturated carbocycles. The van der Waals surface area contributed by atoms with Crippen LogP contribution in [0.2, 0.25) is 5.02 Å². The van der Waals surface area contributed by atoms with Gasteiger partial charge in [0.15, 0.2) is 11.5 Å². The summed E-state index contributed by atoms with van der Waals surface area (Å²) in [5.41, 5.74) is -0.0465. The third-order valence-electron chi connectivity index (χ3n) is 3.73. The fourth-order valence-corrected chi connectivity index (χ4v) is 2.56. The first-order valence-corrected chi connectivity index (χ1v) is 6.96. The van der Waals surface area contributed by atoms with Crippen LogP contribution < -0.4 is 14.8 Å². The van der Waals surface area contributed by atoms with Crippen LogP contribution in [0, 0.1) is 0 Å². The van der Waals surface area contributed by atoms with E-state index < -0.39 is 11.5 Å². The van der Waals surface area contributed by atoms with Crippen LogP contribution in [-0.2, 0) is 11.3 Å². The number of carbonyl (C=O) groups is 1. The zero-order valence-corrected chi connectivity index (χ0v) is 12.3. The number of fused-ring (bicyclic) bond motifs is 1. The number of benzene rings is 1. The number of hydrogen-bond acceptors (Lipinski definition) is 4. The van der Waals surface area contributed by atoms with Crippen molar-refractivity contribution in [2.45, 2.75) is 38.8 Å². The molecule has 0 saturated heterocycles. The summed E-state index contributed by atoms with van der Waals surface area (Å²) in [4.78, 5) is 11.4. The fourth-order valence-electron chi connectivity index (χ4n) is 2.27. The minimum Gasteiger partial charge on any atom is -0.480 e. The molecule has 0 fully saturated rings. The average Bonchev–Trinajstić information content (AvgIpc) is 2.89. The molecular weight excluding hydrogens is 282 g/mol. The average molecular weight is 300 g/mol. The standard InChI is InChI=1S/C14H18ClNO4/c1-3-14(4-2,13(17)18)16-7-9-5-10(15)12-11(6-9)19-8-20-12/h5-6,16H,3-4,7-8H2,1-2H3,(H,17,18). The van der Waals surface area contributed by atoms with Crippen molar-refractivity contribution in [2.75, 3.05) is 6.79 Å². The number of nitrogens with one attached hydrogen (secondary N) is 1. The van der Waals surface area contributed by atoms with Crippen molar-refractivity contribution in [3.05, 3.63) is 22.7 Å². The van der Waals surface area contributed by atoms with Crippen molar-refractivity contribution in [2.24, 2.45) is 0 Å². The van der Waals surface area contributed by atoms with Gasteiger partial charge in [0.2, 0.25) is 6.79 Å². The molecule has 0 aliphatic carbocycles. The van der Waals surface area contributed by atoms with Gasteiger partial charge in [-0.3, -0.25) is 10.1 Å². The first kappa shape index (κ1) is 14.9. The molecule has 5 nitrogen and oxygen atoms in total. The van der Waals surface area contributed by atoms with Gasteiger partial charge in [0.25, 0.3) is 0 Å². The Bertz CT molecular complexity index is 514. The molecule has 1 aromatic carbocycles. The van der Waals surface area contributed by atoms with Gasteiger partial charge in [-0.1, -0.05) is 25.4 Å². The van der Waals surface area contributed by atoms with E-state index in [1.165, 1.54) is 0 Å². The molecule has 6 heteroatoms. The van der Waals surface area contributed by atoms with Crippen LogP contribution in [0.25, 0.3) is 0 Å². The summed E-state index contributed by atoms with van der Waals surface area (Å²) in [5.74, 6) is 0.309. The minimum atomic E-state index is -0.914. The van der Waals surface area contributed by atoms with Gasteiger partial charge < -0.3 is 14.6 Å². The Morgan fingerprint density at radius 2 is 2.10 bits per heavy atom. The van der Waals surface area contributed by atoms with Crippen molar-refractivity contribution >= 4 is 17.6 Å². The Kier molecular flexibility index (Phi) is 4.40. The van der Waals surface area contributed by atoms with E-state index >= 15 is 0 Å². The molecule has 0 atom stereocenters. The lowest BCUT2D eigenvalue weighted by atomic mass is 9.92. The smallest absolute Gasteiger partial charge is 0.323 e. The molecule has 2 rings (SSSR count). The van der Waals surface area contributed by atoms with E-state index in [1.807, 2.05) is 19.9 Å². The monoisotopic (exact) mass is 299 g/mol. The van der Waals surface area contributed by atoms with Crippen LogP contribution in [0.1, 0.15) is 32.3 Å². The summed E-state index contributed by atoms with van der Waals surface area (Å²) in [6, 6.07) is 3.58. The van der Waals surface area contributed by atoms with E-state index in [2.05, 4.69) is 5.32 Å².